The standard InChI is InChI=1S/C15H11F3O3S/c16-15(17,18)13-2-1-3-14(8-13)22(20,21)10-12-6-4-11(9-19)5-7-12/h1-9H,10H2. The van der Waals surface area contributed by atoms with Crippen molar-refractivity contribution in [3.63, 3.8) is 0 Å². The van der Waals surface area contributed by atoms with Gasteiger partial charge in [-0.15, -0.1) is 0 Å². The first-order valence-corrected chi connectivity index (χ1v) is 7.82. The predicted molar refractivity (Wildman–Crippen MR) is 74.2 cm³/mol. The van der Waals surface area contributed by atoms with Crippen LogP contribution in [-0.2, 0) is 21.8 Å². The Morgan fingerprint density at radius 3 is 2.18 bits per heavy atom. The van der Waals surface area contributed by atoms with E-state index in [0.717, 1.165) is 18.2 Å². The van der Waals surface area contributed by atoms with Crippen molar-refractivity contribution in [3.05, 3.63) is 65.2 Å². The average molecular weight is 328 g/mol. The summed E-state index contributed by atoms with van der Waals surface area (Å²) in [5.74, 6) is -0.437. The second-order valence-corrected chi connectivity index (χ2v) is 6.63. The lowest BCUT2D eigenvalue weighted by Gasteiger charge is -2.09. The van der Waals surface area contributed by atoms with E-state index in [9.17, 15) is 26.4 Å². The van der Waals surface area contributed by atoms with Crippen molar-refractivity contribution >= 4 is 16.1 Å². The number of rotatable bonds is 4. The van der Waals surface area contributed by atoms with Gasteiger partial charge in [-0.3, -0.25) is 4.79 Å². The number of aldehydes is 1. The number of hydrogen-bond donors (Lipinski definition) is 0. The topological polar surface area (TPSA) is 51.2 Å². The van der Waals surface area contributed by atoms with Crippen LogP contribution in [0.3, 0.4) is 0 Å². The maximum Gasteiger partial charge on any atom is 0.416 e. The normalized spacial score (nSPS) is 12.1. The lowest BCUT2D eigenvalue weighted by molar-refractivity contribution is -0.137. The fourth-order valence-electron chi connectivity index (χ4n) is 1.86. The summed E-state index contributed by atoms with van der Waals surface area (Å²) in [4.78, 5) is 10.1. The van der Waals surface area contributed by atoms with Crippen molar-refractivity contribution in [2.45, 2.75) is 16.8 Å². The van der Waals surface area contributed by atoms with Gasteiger partial charge in [-0.05, 0) is 23.8 Å². The third-order valence-electron chi connectivity index (χ3n) is 2.99. The van der Waals surface area contributed by atoms with E-state index >= 15 is 0 Å². The molecule has 0 unspecified atom stereocenters. The largest absolute Gasteiger partial charge is 0.416 e. The Labute approximate surface area is 125 Å². The van der Waals surface area contributed by atoms with Crippen molar-refractivity contribution < 1.29 is 26.4 Å². The molecule has 0 radical (unpaired) electrons. The fourth-order valence-corrected chi connectivity index (χ4v) is 3.25. The van der Waals surface area contributed by atoms with Crippen LogP contribution in [0.4, 0.5) is 13.2 Å². The molecule has 0 aliphatic carbocycles. The molecule has 0 saturated carbocycles. The van der Waals surface area contributed by atoms with Crippen molar-refractivity contribution in [1.82, 2.24) is 0 Å². The third-order valence-corrected chi connectivity index (χ3v) is 4.68. The van der Waals surface area contributed by atoms with Gasteiger partial charge in [0.1, 0.15) is 6.29 Å². The molecule has 3 nitrogen and oxygen atoms in total. The number of halogens is 3. The van der Waals surface area contributed by atoms with Gasteiger partial charge < -0.3 is 0 Å². The number of carbonyl (C=O) groups excluding carboxylic acids is 1. The van der Waals surface area contributed by atoms with Gasteiger partial charge in [0.2, 0.25) is 0 Å². The number of sulfone groups is 1. The molecule has 7 heteroatoms. The van der Waals surface area contributed by atoms with Gasteiger partial charge >= 0.3 is 6.18 Å². The third kappa shape index (κ3) is 3.73. The van der Waals surface area contributed by atoms with E-state index < -0.39 is 27.3 Å². The van der Waals surface area contributed by atoms with Crippen molar-refractivity contribution in [1.29, 1.82) is 0 Å². The molecule has 22 heavy (non-hydrogen) atoms. The highest BCUT2D eigenvalue weighted by Gasteiger charge is 2.31. The van der Waals surface area contributed by atoms with Crippen LogP contribution < -0.4 is 0 Å². The number of hydrogen-bond acceptors (Lipinski definition) is 3. The highest BCUT2D eigenvalue weighted by molar-refractivity contribution is 7.90. The van der Waals surface area contributed by atoms with Crippen LogP contribution in [-0.4, -0.2) is 14.7 Å². The average Bonchev–Trinajstić information content (AvgIpc) is 2.47. The monoisotopic (exact) mass is 328 g/mol. The van der Waals surface area contributed by atoms with Crippen molar-refractivity contribution in [2.24, 2.45) is 0 Å². The van der Waals surface area contributed by atoms with Gasteiger partial charge in [0.15, 0.2) is 9.84 Å². The van der Waals surface area contributed by atoms with Gasteiger partial charge in [0.05, 0.1) is 16.2 Å². The molecule has 0 spiro atoms. The van der Waals surface area contributed by atoms with Gasteiger partial charge in [-0.25, -0.2) is 8.42 Å². The molecule has 0 amide bonds. The zero-order valence-electron chi connectivity index (χ0n) is 11.2. The van der Waals surface area contributed by atoms with Gasteiger partial charge in [-0.2, -0.15) is 13.2 Å². The molecule has 0 saturated heterocycles. The maximum atomic E-state index is 12.6. The molecule has 2 aromatic carbocycles. The predicted octanol–water partition coefficient (Wildman–Crippen LogP) is 3.49. The van der Waals surface area contributed by atoms with Crippen LogP contribution in [0.2, 0.25) is 0 Å². The summed E-state index contributed by atoms with van der Waals surface area (Å²) >= 11 is 0. The van der Waals surface area contributed by atoms with E-state index in [0.29, 0.717) is 23.5 Å². The lowest BCUT2D eigenvalue weighted by atomic mass is 10.2. The van der Waals surface area contributed by atoms with Crippen LogP contribution >= 0.6 is 0 Å². The first-order valence-electron chi connectivity index (χ1n) is 6.16. The zero-order valence-corrected chi connectivity index (χ0v) is 12.0. The van der Waals surface area contributed by atoms with E-state index in [1.807, 2.05) is 0 Å². The van der Waals surface area contributed by atoms with Crippen molar-refractivity contribution in [2.75, 3.05) is 0 Å². The molecule has 0 atom stereocenters. The summed E-state index contributed by atoms with van der Waals surface area (Å²) in [5, 5.41) is 0. The summed E-state index contributed by atoms with van der Waals surface area (Å²) in [6.45, 7) is 0. The van der Waals surface area contributed by atoms with Gasteiger partial charge in [0, 0.05) is 5.56 Å². The molecular formula is C15H11F3O3S. The SMILES string of the molecule is O=Cc1ccc(CS(=O)(=O)c2cccc(C(F)(F)F)c2)cc1. The minimum absolute atomic E-state index is 0.387. The van der Waals surface area contributed by atoms with E-state index in [2.05, 4.69) is 0 Å². The summed E-state index contributed by atoms with van der Waals surface area (Å²) in [5.41, 5.74) is -0.229. The van der Waals surface area contributed by atoms with Crippen LogP contribution in [0, 0.1) is 0 Å². The lowest BCUT2D eigenvalue weighted by Crippen LogP contribution is -2.09. The van der Waals surface area contributed by atoms with E-state index in [-0.39, 0.29) is 4.90 Å². The zero-order chi connectivity index (χ0) is 16.4. The number of carbonyl (C=O) groups is 1. The van der Waals surface area contributed by atoms with E-state index in [1.165, 1.54) is 24.3 Å². The molecule has 0 fully saturated rings. The first-order chi connectivity index (χ1) is 10.2. The second-order valence-electron chi connectivity index (χ2n) is 4.64. The fraction of sp³-hybridized carbons (Fsp3) is 0.133. The maximum absolute atomic E-state index is 12.6. The Kier molecular flexibility index (Phi) is 4.37. The highest BCUT2D eigenvalue weighted by Crippen LogP contribution is 2.31. The summed E-state index contributed by atoms with van der Waals surface area (Å²) in [6.07, 6.45) is -3.98. The molecule has 116 valence electrons. The molecular weight excluding hydrogens is 317 g/mol. The van der Waals surface area contributed by atoms with E-state index in [4.69, 9.17) is 0 Å². The molecule has 0 bridgehead atoms. The summed E-state index contributed by atoms with van der Waals surface area (Å²) < 4.78 is 62.3. The Morgan fingerprint density at radius 2 is 1.64 bits per heavy atom. The second kappa shape index (κ2) is 5.92. The molecule has 0 N–H and O–H groups in total. The molecule has 2 rings (SSSR count). The Hall–Kier alpha value is -2.15. The minimum Gasteiger partial charge on any atom is -0.298 e. The Bertz CT molecular complexity index is 778. The van der Waals surface area contributed by atoms with E-state index in [1.54, 1.807) is 0 Å². The molecule has 0 aliphatic heterocycles. The summed E-state index contributed by atoms with van der Waals surface area (Å²) in [6, 6.07) is 9.43. The number of alkyl halides is 3. The number of benzene rings is 2. The van der Waals surface area contributed by atoms with Crippen LogP contribution in [0.15, 0.2) is 53.4 Å². The van der Waals surface area contributed by atoms with Crippen LogP contribution in [0.5, 0.6) is 0 Å². The van der Waals surface area contributed by atoms with Gasteiger partial charge in [0.25, 0.3) is 0 Å². The minimum atomic E-state index is -4.60. The Balaban J connectivity index is 2.32. The highest BCUT2D eigenvalue weighted by atomic mass is 32.2. The molecule has 2 aromatic rings. The van der Waals surface area contributed by atoms with Crippen LogP contribution in [0.25, 0.3) is 0 Å². The van der Waals surface area contributed by atoms with Crippen molar-refractivity contribution in [3.8, 4) is 0 Å². The van der Waals surface area contributed by atoms with Crippen LogP contribution in [0.1, 0.15) is 21.5 Å². The molecule has 0 aliphatic rings. The molecule has 0 aromatic heterocycles. The summed E-state index contributed by atoms with van der Waals surface area (Å²) in [7, 11) is -3.90. The smallest absolute Gasteiger partial charge is 0.298 e. The Morgan fingerprint density at radius 1 is 1.00 bits per heavy atom. The first kappa shape index (κ1) is 16.2. The quantitative estimate of drug-likeness (QED) is 0.807. The molecule has 0 heterocycles. The van der Waals surface area contributed by atoms with Gasteiger partial charge in [-0.1, -0.05) is 30.3 Å².